The second-order valence-electron chi connectivity index (χ2n) is 9.12. The molecule has 28 heavy (non-hydrogen) atoms. The lowest BCUT2D eigenvalue weighted by molar-refractivity contribution is -0.258. The van der Waals surface area contributed by atoms with Crippen molar-refractivity contribution in [1.29, 1.82) is 0 Å². The summed E-state index contributed by atoms with van der Waals surface area (Å²) in [5.74, 6) is 0.720. The van der Waals surface area contributed by atoms with Crippen LogP contribution in [-0.2, 0) is 0 Å². The number of aliphatic hydroxyl groups is 3. The molecule has 4 heterocycles. The Morgan fingerprint density at radius 1 is 1.32 bits per heavy atom. The lowest BCUT2D eigenvalue weighted by Crippen LogP contribution is -2.71. The van der Waals surface area contributed by atoms with Crippen LogP contribution >= 0.6 is 0 Å². The number of nitrogens with one attached hydrogen (secondary N) is 1. The summed E-state index contributed by atoms with van der Waals surface area (Å²) in [6, 6.07) is 5.56. The molecule has 0 amide bonds. The van der Waals surface area contributed by atoms with Crippen molar-refractivity contribution in [2.45, 2.75) is 56.2 Å². The molecule has 3 aliphatic rings. The molecule has 2 fully saturated rings. The van der Waals surface area contributed by atoms with E-state index in [1.807, 2.05) is 23.1 Å². The van der Waals surface area contributed by atoms with Gasteiger partial charge in [0.25, 0.3) is 0 Å². The van der Waals surface area contributed by atoms with Crippen molar-refractivity contribution in [3.8, 4) is 5.75 Å². The van der Waals surface area contributed by atoms with E-state index in [0.717, 1.165) is 41.7 Å². The van der Waals surface area contributed by atoms with E-state index < -0.39 is 23.5 Å². The molecule has 0 spiro atoms. The summed E-state index contributed by atoms with van der Waals surface area (Å²) in [6.45, 7) is 5.49. The second kappa shape index (κ2) is 5.93. The molecule has 0 unspecified atom stereocenters. The average Bonchev–Trinajstić information content (AvgIpc) is 3.22. The number of aliphatic hydroxyl groups excluding tert-OH is 1. The maximum absolute atomic E-state index is 11.8. The smallest absolute Gasteiger partial charge is 0.162 e. The highest BCUT2D eigenvalue weighted by Crippen LogP contribution is 2.52. The van der Waals surface area contributed by atoms with E-state index in [2.05, 4.69) is 9.88 Å². The Labute approximate surface area is 164 Å². The number of piperazine rings is 1. The van der Waals surface area contributed by atoms with Gasteiger partial charge in [-0.1, -0.05) is 0 Å². The minimum atomic E-state index is -1.44. The molecule has 0 aliphatic carbocycles. The molecular weight excluding hydrogens is 358 g/mol. The number of hydrogen-bond donors (Lipinski definition) is 4. The first kappa shape index (κ1) is 18.4. The van der Waals surface area contributed by atoms with Crippen LogP contribution in [0, 0.1) is 0 Å². The third-order valence-corrected chi connectivity index (χ3v) is 6.88. The molecule has 0 saturated carbocycles. The number of hydrogen-bond acceptors (Lipinski definition) is 6. The van der Waals surface area contributed by atoms with Gasteiger partial charge in [0, 0.05) is 47.4 Å². The number of methoxy groups -OCH3 is 1. The minimum absolute atomic E-state index is 0.350. The van der Waals surface area contributed by atoms with E-state index in [1.165, 1.54) is 0 Å². The third kappa shape index (κ3) is 2.40. The van der Waals surface area contributed by atoms with Crippen molar-refractivity contribution in [1.82, 2.24) is 14.8 Å². The van der Waals surface area contributed by atoms with Gasteiger partial charge in [-0.05, 0) is 45.4 Å². The Bertz CT molecular complexity index is 920. The van der Waals surface area contributed by atoms with Crippen molar-refractivity contribution in [2.24, 2.45) is 0 Å². The van der Waals surface area contributed by atoms with Gasteiger partial charge in [0.2, 0.25) is 0 Å². The molecule has 2 aromatic rings. The molecule has 7 nitrogen and oxygen atoms in total. The molecular formula is C21H29N3O4. The number of ether oxygens (including phenoxy) is 1. The lowest BCUT2D eigenvalue weighted by Gasteiger charge is -2.58. The number of nitrogens with zero attached hydrogens (tertiary/aromatic N) is 2. The van der Waals surface area contributed by atoms with Crippen molar-refractivity contribution < 1.29 is 20.1 Å². The molecule has 1 aromatic carbocycles. The zero-order chi connectivity index (χ0) is 19.8. The third-order valence-electron chi connectivity index (χ3n) is 6.88. The number of rotatable bonds is 2. The standard InChI is InChI=1S/C21H29N3O4/c1-20(2,26)18-17-16(14-7-6-13(28-3)9-15(14)22-17)19(25)21(27)11-23-8-4-5-12(23)10-24(18)21/h6-7,9,12,18-19,22,25-27H,4-5,8,10-11H2,1-3H3/t12-,18+,19-,21+/m0/s1. The SMILES string of the molecule is COc1ccc2c3c([nH]c2c1)[C@H](C(C)(C)O)N1C[C@@H]2CCCN2C[C@@]1(O)[C@H]3O. The van der Waals surface area contributed by atoms with Crippen molar-refractivity contribution in [2.75, 3.05) is 26.7 Å². The highest BCUT2D eigenvalue weighted by molar-refractivity contribution is 5.87. The molecule has 152 valence electrons. The summed E-state index contributed by atoms with van der Waals surface area (Å²) < 4.78 is 5.34. The van der Waals surface area contributed by atoms with E-state index in [0.29, 0.717) is 24.7 Å². The van der Waals surface area contributed by atoms with Crippen LogP contribution in [0.1, 0.15) is 50.1 Å². The summed E-state index contributed by atoms with van der Waals surface area (Å²) in [7, 11) is 1.62. The van der Waals surface area contributed by atoms with Gasteiger partial charge in [0.1, 0.15) is 11.9 Å². The van der Waals surface area contributed by atoms with Gasteiger partial charge < -0.3 is 25.0 Å². The van der Waals surface area contributed by atoms with Crippen LogP contribution in [0.5, 0.6) is 5.75 Å². The molecule has 5 rings (SSSR count). The molecule has 0 bridgehead atoms. The summed E-state index contributed by atoms with van der Waals surface area (Å²) in [5.41, 5.74) is -0.246. The Hall–Kier alpha value is -1.64. The monoisotopic (exact) mass is 387 g/mol. The van der Waals surface area contributed by atoms with E-state index in [9.17, 15) is 15.3 Å². The van der Waals surface area contributed by atoms with E-state index >= 15 is 0 Å². The average molecular weight is 387 g/mol. The van der Waals surface area contributed by atoms with Crippen molar-refractivity contribution in [3.05, 3.63) is 29.5 Å². The molecule has 0 radical (unpaired) electrons. The number of fused-ring (bicyclic) bond motifs is 5. The number of benzene rings is 1. The number of aromatic nitrogens is 1. The Morgan fingerprint density at radius 2 is 2.11 bits per heavy atom. The normalized spacial score (nSPS) is 33.6. The quantitative estimate of drug-likeness (QED) is 0.624. The van der Waals surface area contributed by atoms with Gasteiger partial charge in [0.05, 0.1) is 18.8 Å². The molecule has 7 heteroatoms. The van der Waals surface area contributed by atoms with Crippen LogP contribution in [0.15, 0.2) is 18.2 Å². The maximum Gasteiger partial charge on any atom is 0.162 e. The van der Waals surface area contributed by atoms with Crippen molar-refractivity contribution >= 4 is 10.9 Å². The van der Waals surface area contributed by atoms with Crippen LogP contribution in [0.3, 0.4) is 0 Å². The zero-order valence-corrected chi connectivity index (χ0v) is 16.6. The fraction of sp³-hybridized carbons (Fsp3) is 0.619. The van der Waals surface area contributed by atoms with Gasteiger partial charge in [-0.25, -0.2) is 0 Å². The highest BCUT2D eigenvalue weighted by atomic mass is 16.5. The van der Waals surface area contributed by atoms with Crippen molar-refractivity contribution in [3.63, 3.8) is 0 Å². The van der Waals surface area contributed by atoms with E-state index in [-0.39, 0.29) is 0 Å². The van der Waals surface area contributed by atoms with Gasteiger partial charge in [-0.3, -0.25) is 9.80 Å². The van der Waals surface area contributed by atoms with Gasteiger partial charge in [-0.2, -0.15) is 0 Å². The zero-order valence-electron chi connectivity index (χ0n) is 16.6. The topological polar surface area (TPSA) is 92.2 Å². The minimum Gasteiger partial charge on any atom is -0.497 e. The molecule has 1 aromatic heterocycles. The summed E-state index contributed by atoms with van der Waals surface area (Å²) in [6.07, 6.45) is 1.12. The second-order valence-corrected chi connectivity index (χ2v) is 9.12. The maximum atomic E-state index is 11.8. The van der Waals surface area contributed by atoms with Gasteiger partial charge in [-0.15, -0.1) is 0 Å². The van der Waals surface area contributed by atoms with Gasteiger partial charge >= 0.3 is 0 Å². The Morgan fingerprint density at radius 3 is 2.82 bits per heavy atom. The molecule has 2 saturated heterocycles. The summed E-state index contributed by atoms with van der Waals surface area (Å²) >= 11 is 0. The molecule has 4 N–H and O–H groups in total. The Kier molecular flexibility index (Phi) is 3.90. The van der Waals surface area contributed by atoms with Crippen LogP contribution in [0.4, 0.5) is 0 Å². The predicted molar refractivity (Wildman–Crippen MR) is 105 cm³/mol. The Balaban J connectivity index is 1.73. The number of aromatic amines is 1. The molecule has 4 atom stereocenters. The predicted octanol–water partition coefficient (Wildman–Crippen LogP) is 1.50. The first-order chi connectivity index (χ1) is 13.2. The fourth-order valence-electron chi connectivity index (χ4n) is 5.64. The summed E-state index contributed by atoms with van der Waals surface area (Å²) in [5, 5.41) is 35.1. The van der Waals surface area contributed by atoms with Gasteiger partial charge in [0.15, 0.2) is 5.72 Å². The van der Waals surface area contributed by atoms with E-state index in [1.54, 1.807) is 21.0 Å². The van der Waals surface area contributed by atoms with Crippen LogP contribution in [0.25, 0.3) is 10.9 Å². The number of H-pyrrole nitrogens is 1. The summed E-state index contributed by atoms with van der Waals surface area (Å²) in [4.78, 5) is 7.63. The first-order valence-corrected chi connectivity index (χ1v) is 10.1. The van der Waals surface area contributed by atoms with Crippen LogP contribution < -0.4 is 4.74 Å². The fourth-order valence-corrected chi connectivity index (χ4v) is 5.64. The highest BCUT2D eigenvalue weighted by Gasteiger charge is 2.59. The van der Waals surface area contributed by atoms with Crippen LogP contribution in [0.2, 0.25) is 0 Å². The van der Waals surface area contributed by atoms with Crippen LogP contribution in [-0.4, -0.2) is 74.2 Å². The first-order valence-electron chi connectivity index (χ1n) is 10.1. The molecule has 3 aliphatic heterocycles. The lowest BCUT2D eigenvalue weighted by atomic mass is 9.79. The van der Waals surface area contributed by atoms with E-state index in [4.69, 9.17) is 4.74 Å². The largest absolute Gasteiger partial charge is 0.497 e.